The Bertz CT molecular complexity index is 837. The van der Waals surface area contributed by atoms with Crippen molar-refractivity contribution in [2.45, 2.75) is 18.9 Å². The number of benzene rings is 2. The lowest BCUT2D eigenvalue weighted by molar-refractivity contribution is -0.385. The minimum absolute atomic E-state index is 0.0777. The van der Waals surface area contributed by atoms with Crippen LogP contribution < -0.4 is 11.1 Å². The van der Waals surface area contributed by atoms with E-state index in [1.165, 1.54) is 18.2 Å². The number of nitrogens with zero attached hydrogens (tertiary/aromatic N) is 1. The van der Waals surface area contributed by atoms with Gasteiger partial charge >= 0.3 is 0 Å². The fraction of sp³-hybridized carbons (Fsp3) is 0.176. The van der Waals surface area contributed by atoms with Crippen LogP contribution in [0.5, 0.6) is 0 Å². The van der Waals surface area contributed by atoms with Crippen LogP contribution in [-0.4, -0.2) is 22.8 Å². The molecule has 0 heterocycles. The first-order chi connectivity index (χ1) is 12.3. The summed E-state index contributed by atoms with van der Waals surface area (Å²) in [6, 6.07) is 7.18. The molecule has 2 rings (SSSR count). The molecule has 0 fully saturated rings. The molecule has 0 aliphatic carbocycles. The van der Waals surface area contributed by atoms with E-state index in [1.807, 2.05) is 0 Å². The predicted molar refractivity (Wildman–Crippen MR) is 88.0 cm³/mol. The van der Waals surface area contributed by atoms with E-state index in [0.717, 1.165) is 12.1 Å². The molecule has 1 atom stereocenters. The topological polar surface area (TPSA) is 115 Å². The zero-order chi connectivity index (χ0) is 19.3. The number of hydrogen-bond donors (Lipinski definition) is 2. The Morgan fingerprint density at radius 1 is 1.15 bits per heavy atom. The van der Waals surface area contributed by atoms with Crippen LogP contribution in [0.1, 0.15) is 11.1 Å². The second-order valence-electron chi connectivity index (χ2n) is 5.57. The number of carbonyl (C=O) groups excluding carboxylic acids is 2. The number of primary amides is 1. The summed E-state index contributed by atoms with van der Waals surface area (Å²) in [5.41, 5.74) is 5.35. The predicted octanol–water partition coefficient (Wildman–Crippen LogP) is 1.63. The molecule has 26 heavy (non-hydrogen) atoms. The molecule has 0 spiro atoms. The van der Waals surface area contributed by atoms with Gasteiger partial charge in [0, 0.05) is 24.1 Å². The maximum Gasteiger partial charge on any atom is 0.272 e. The summed E-state index contributed by atoms with van der Waals surface area (Å²) in [6.45, 7) is 0. The summed E-state index contributed by atoms with van der Waals surface area (Å²) in [5, 5.41) is 13.4. The highest BCUT2D eigenvalue weighted by Gasteiger charge is 2.23. The van der Waals surface area contributed by atoms with Gasteiger partial charge in [-0.1, -0.05) is 18.2 Å². The summed E-state index contributed by atoms with van der Waals surface area (Å²) in [4.78, 5) is 34.1. The lowest BCUT2D eigenvalue weighted by Gasteiger charge is -2.16. The summed E-state index contributed by atoms with van der Waals surface area (Å²) in [7, 11) is 0. The normalized spacial score (nSPS) is 11.6. The number of nitro groups is 1. The number of rotatable bonds is 7. The molecular formula is C17H15F2N3O4. The van der Waals surface area contributed by atoms with E-state index in [0.29, 0.717) is 6.07 Å². The summed E-state index contributed by atoms with van der Waals surface area (Å²) in [6.07, 6.45) is -0.564. The van der Waals surface area contributed by atoms with Crippen LogP contribution in [-0.2, 0) is 22.4 Å². The first kappa shape index (κ1) is 19.0. The number of amides is 2. The molecule has 0 aromatic heterocycles. The van der Waals surface area contributed by atoms with Gasteiger partial charge in [0.05, 0.1) is 11.3 Å². The van der Waals surface area contributed by atoms with Gasteiger partial charge in [0.2, 0.25) is 11.8 Å². The smallest absolute Gasteiger partial charge is 0.272 e. The molecule has 0 aliphatic rings. The quantitative estimate of drug-likeness (QED) is 0.574. The third-order valence-corrected chi connectivity index (χ3v) is 3.58. The Labute approximate surface area is 147 Å². The third kappa shape index (κ3) is 5.07. The van der Waals surface area contributed by atoms with E-state index in [9.17, 15) is 28.5 Å². The number of halogens is 2. The van der Waals surface area contributed by atoms with Crippen molar-refractivity contribution in [1.82, 2.24) is 5.32 Å². The second kappa shape index (κ2) is 8.15. The van der Waals surface area contributed by atoms with E-state index in [1.54, 1.807) is 6.07 Å². The van der Waals surface area contributed by atoms with Gasteiger partial charge < -0.3 is 11.1 Å². The van der Waals surface area contributed by atoms with Crippen molar-refractivity contribution in [3.05, 3.63) is 75.3 Å². The molecule has 3 N–H and O–H groups in total. The van der Waals surface area contributed by atoms with Gasteiger partial charge in [-0.15, -0.1) is 0 Å². The van der Waals surface area contributed by atoms with E-state index in [-0.39, 0.29) is 29.7 Å². The summed E-state index contributed by atoms with van der Waals surface area (Å²) < 4.78 is 26.3. The fourth-order valence-electron chi connectivity index (χ4n) is 2.45. The minimum Gasteiger partial charge on any atom is -0.368 e. The fourth-order valence-corrected chi connectivity index (χ4v) is 2.45. The first-order valence-corrected chi connectivity index (χ1v) is 7.52. The number of carbonyl (C=O) groups is 2. The average molecular weight is 363 g/mol. The molecule has 0 radical (unpaired) electrons. The largest absolute Gasteiger partial charge is 0.368 e. The van der Waals surface area contributed by atoms with Crippen molar-refractivity contribution < 1.29 is 23.3 Å². The molecule has 9 heteroatoms. The molecule has 2 amide bonds. The van der Waals surface area contributed by atoms with Crippen LogP contribution >= 0.6 is 0 Å². The molecular weight excluding hydrogens is 348 g/mol. The molecule has 0 bridgehead atoms. The summed E-state index contributed by atoms with van der Waals surface area (Å²) >= 11 is 0. The van der Waals surface area contributed by atoms with Gasteiger partial charge in [-0.25, -0.2) is 8.78 Å². The average Bonchev–Trinajstić information content (AvgIpc) is 2.53. The molecule has 0 aliphatic heterocycles. The Balaban J connectivity index is 2.12. The Morgan fingerprint density at radius 2 is 1.77 bits per heavy atom. The Kier molecular flexibility index (Phi) is 5.94. The van der Waals surface area contributed by atoms with E-state index in [2.05, 4.69) is 5.32 Å². The van der Waals surface area contributed by atoms with Crippen molar-refractivity contribution in [3.63, 3.8) is 0 Å². The first-order valence-electron chi connectivity index (χ1n) is 7.52. The zero-order valence-corrected chi connectivity index (χ0v) is 13.4. The van der Waals surface area contributed by atoms with Crippen LogP contribution in [0.4, 0.5) is 14.5 Å². The van der Waals surface area contributed by atoms with Gasteiger partial charge in [0.15, 0.2) is 0 Å². The summed E-state index contributed by atoms with van der Waals surface area (Å²) in [5.74, 6) is -3.25. The van der Waals surface area contributed by atoms with E-state index < -0.39 is 34.4 Å². The minimum atomic E-state index is -1.21. The van der Waals surface area contributed by atoms with Crippen LogP contribution in [0.15, 0.2) is 42.5 Å². The van der Waals surface area contributed by atoms with Gasteiger partial charge in [-0.3, -0.25) is 19.7 Å². The van der Waals surface area contributed by atoms with Crippen molar-refractivity contribution >= 4 is 17.5 Å². The molecule has 0 saturated heterocycles. The highest BCUT2D eigenvalue weighted by molar-refractivity contribution is 5.87. The standard InChI is InChI=1S/C17H15F2N3O4/c18-12-5-10(6-13(19)9-12)7-16(23)21-14(17(20)24)8-11-3-1-2-4-15(11)22(25)26/h1-6,9,14H,7-8H2,(H2,20,24)(H,21,23)/t14-/m0/s1. The maximum absolute atomic E-state index is 13.2. The maximum atomic E-state index is 13.2. The number of nitrogens with two attached hydrogens (primary N) is 1. The molecule has 2 aromatic rings. The van der Waals surface area contributed by atoms with E-state index >= 15 is 0 Å². The van der Waals surface area contributed by atoms with E-state index in [4.69, 9.17) is 5.73 Å². The molecule has 2 aromatic carbocycles. The number of nitrogens with one attached hydrogen (secondary N) is 1. The van der Waals surface area contributed by atoms with Crippen molar-refractivity contribution in [1.29, 1.82) is 0 Å². The number of para-hydroxylation sites is 1. The molecule has 7 nitrogen and oxygen atoms in total. The third-order valence-electron chi connectivity index (χ3n) is 3.58. The van der Waals surface area contributed by atoms with Crippen LogP contribution in [0.2, 0.25) is 0 Å². The van der Waals surface area contributed by atoms with Crippen LogP contribution in [0.25, 0.3) is 0 Å². The van der Waals surface area contributed by atoms with Crippen molar-refractivity contribution in [2.24, 2.45) is 5.73 Å². The second-order valence-corrected chi connectivity index (χ2v) is 5.57. The van der Waals surface area contributed by atoms with Gasteiger partial charge in [-0.05, 0) is 17.7 Å². The van der Waals surface area contributed by atoms with Gasteiger partial charge in [0.25, 0.3) is 5.69 Å². The molecule has 136 valence electrons. The SMILES string of the molecule is NC(=O)[C@H](Cc1ccccc1[N+](=O)[O-])NC(=O)Cc1cc(F)cc(F)c1. The monoisotopic (exact) mass is 363 g/mol. The van der Waals surface area contributed by atoms with Crippen LogP contribution in [0.3, 0.4) is 0 Å². The number of nitro benzene ring substituents is 1. The lowest BCUT2D eigenvalue weighted by Crippen LogP contribution is -2.46. The highest BCUT2D eigenvalue weighted by atomic mass is 19.1. The van der Waals surface area contributed by atoms with Gasteiger partial charge in [-0.2, -0.15) is 0 Å². The zero-order valence-electron chi connectivity index (χ0n) is 13.4. The van der Waals surface area contributed by atoms with Crippen molar-refractivity contribution in [3.8, 4) is 0 Å². The van der Waals surface area contributed by atoms with Crippen LogP contribution in [0, 0.1) is 21.7 Å². The Morgan fingerprint density at radius 3 is 2.35 bits per heavy atom. The molecule has 0 unspecified atom stereocenters. The number of hydrogen-bond acceptors (Lipinski definition) is 4. The highest BCUT2D eigenvalue weighted by Crippen LogP contribution is 2.19. The Hall–Kier alpha value is -3.36. The van der Waals surface area contributed by atoms with Gasteiger partial charge in [0.1, 0.15) is 17.7 Å². The molecule has 0 saturated carbocycles. The lowest BCUT2D eigenvalue weighted by atomic mass is 10.0. The van der Waals surface area contributed by atoms with Crippen molar-refractivity contribution in [2.75, 3.05) is 0 Å².